The van der Waals surface area contributed by atoms with Crippen LogP contribution in [0.4, 0.5) is 5.69 Å². The minimum Gasteiger partial charge on any atom is -0.395 e. The van der Waals surface area contributed by atoms with Gasteiger partial charge < -0.3 is 14.8 Å². The summed E-state index contributed by atoms with van der Waals surface area (Å²) in [6.45, 7) is 6.16. The number of benzene rings is 1. The number of fused-ring (bicyclic) bond motifs is 1. The van der Waals surface area contributed by atoms with Crippen molar-refractivity contribution in [2.24, 2.45) is 5.41 Å². The predicted molar refractivity (Wildman–Crippen MR) is 89.7 cm³/mol. The third-order valence-electron chi connectivity index (χ3n) is 3.60. The highest BCUT2D eigenvalue weighted by molar-refractivity contribution is 7.99. The van der Waals surface area contributed by atoms with E-state index in [4.69, 9.17) is 0 Å². The largest absolute Gasteiger partial charge is 0.395 e. The molecular formula is C15H21N3O4S. The van der Waals surface area contributed by atoms with Gasteiger partial charge in [-0.2, -0.15) is 0 Å². The van der Waals surface area contributed by atoms with Crippen LogP contribution in [0, 0.1) is 15.5 Å². The van der Waals surface area contributed by atoms with E-state index >= 15 is 0 Å². The first-order valence-corrected chi connectivity index (χ1v) is 8.29. The molecule has 0 fully saturated rings. The number of nitro benzene ring substituents is 1. The van der Waals surface area contributed by atoms with Crippen molar-refractivity contribution in [2.75, 3.05) is 12.4 Å². The van der Waals surface area contributed by atoms with E-state index in [0.29, 0.717) is 23.0 Å². The lowest BCUT2D eigenvalue weighted by molar-refractivity contribution is -0.384. The molecule has 0 bridgehead atoms. The summed E-state index contributed by atoms with van der Waals surface area (Å²) in [4.78, 5) is 14.9. The van der Waals surface area contributed by atoms with Crippen LogP contribution in [0.2, 0.25) is 0 Å². The number of hydrogen-bond acceptors (Lipinski definition) is 6. The van der Waals surface area contributed by atoms with Crippen LogP contribution in [0.25, 0.3) is 11.0 Å². The van der Waals surface area contributed by atoms with Crippen molar-refractivity contribution < 1.29 is 15.1 Å². The number of aliphatic hydroxyl groups is 2. The molecule has 1 heterocycles. The summed E-state index contributed by atoms with van der Waals surface area (Å²) >= 11 is 1.38. The van der Waals surface area contributed by atoms with Crippen molar-refractivity contribution in [1.82, 2.24) is 9.55 Å². The quantitative estimate of drug-likeness (QED) is 0.476. The minimum atomic E-state index is -0.510. The maximum absolute atomic E-state index is 10.9. The van der Waals surface area contributed by atoms with Crippen LogP contribution in [0.3, 0.4) is 0 Å². The number of aromatic nitrogens is 2. The number of hydrogen-bond donors (Lipinski definition) is 2. The number of rotatable bonds is 6. The molecule has 23 heavy (non-hydrogen) atoms. The van der Waals surface area contributed by atoms with Gasteiger partial charge in [0.2, 0.25) is 0 Å². The minimum absolute atomic E-state index is 0.0163. The third kappa shape index (κ3) is 4.01. The van der Waals surface area contributed by atoms with Crippen LogP contribution in [0.15, 0.2) is 23.4 Å². The fraction of sp³-hybridized carbons (Fsp3) is 0.533. The standard InChI is InChI=1S/C15H21N3O4S/c1-15(2,3)13(20)9-23-14-16-11-8-10(18(21)22)4-5-12(11)17(14)6-7-19/h4-5,8,13,19-20H,6-7,9H2,1-3H3. The molecule has 0 saturated heterocycles. The molecule has 8 heteroatoms. The molecular weight excluding hydrogens is 318 g/mol. The Balaban J connectivity index is 2.34. The Kier molecular flexibility index (Phi) is 5.28. The number of thioether (sulfide) groups is 1. The van der Waals surface area contributed by atoms with Crippen LogP contribution >= 0.6 is 11.8 Å². The highest BCUT2D eigenvalue weighted by Gasteiger charge is 2.23. The lowest BCUT2D eigenvalue weighted by atomic mass is 9.90. The second-order valence-electron chi connectivity index (χ2n) is 6.39. The molecule has 1 unspecified atom stereocenters. The molecule has 126 valence electrons. The summed E-state index contributed by atoms with van der Waals surface area (Å²) in [5.74, 6) is 0.459. The molecule has 0 saturated carbocycles. The lowest BCUT2D eigenvalue weighted by Gasteiger charge is -2.25. The fourth-order valence-corrected chi connectivity index (χ4v) is 3.35. The maximum atomic E-state index is 10.9. The molecule has 1 aromatic heterocycles. The Bertz CT molecular complexity index is 709. The second-order valence-corrected chi connectivity index (χ2v) is 7.38. The van der Waals surface area contributed by atoms with Crippen molar-refractivity contribution >= 4 is 28.5 Å². The lowest BCUT2D eigenvalue weighted by Crippen LogP contribution is -2.28. The van der Waals surface area contributed by atoms with Gasteiger partial charge in [0, 0.05) is 24.4 Å². The average molecular weight is 339 g/mol. The van der Waals surface area contributed by atoms with Crippen molar-refractivity contribution in [3.8, 4) is 0 Å². The van der Waals surface area contributed by atoms with Crippen molar-refractivity contribution in [3.05, 3.63) is 28.3 Å². The monoisotopic (exact) mass is 339 g/mol. The van der Waals surface area contributed by atoms with Gasteiger partial charge in [0.05, 0.1) is 28.7 Å². The number of non-ortho nitro benzene ring substituents is 1. The first kappa shape index (κ1) is 17.7. The molecule has 2 rings (SSSR count). The van der Waals surface area contributed by atoms with Crippen molar-refractivity contribution in [2.45, 2.75) is 38.6 Å². The van der Waals surface area contributed by atoms with Gasteiger partial charge in [0.15, 0.2) is 5.16 Å². The molecule has 0 amide bonds. The first-order chi connectivity index (χ1) is 10.7. The smallest absolute Gasteiger partial charge is 0.271 e. The van der Waals surface area contributed by atoms with E-state index in [0.717, 1.165) is 5.52 Å². The summed E-state index contributed by atoms with van der Waals surface area (Å²) in [6.07, 6.45) is -0.510. The summed E-state index contributed by atoms with van der Waals surface area (Å²) in [5, 5.41) is 30.9. The topological polar surface area (TPSA) is 101 Å². The van der Waals surface area contributed by atoms with Crippen LogP contribution in [0.5, 0.6) is 0 Å². The van der Waals surface area contributed by atoms with E-state index in [9.17, 15) is 20.3 Å². The molecule has 1 aromatic carbocycles. The highest BCUT2D eigenvalue weighted by Crippen LogP contribution is 2.30. The summed E-state index contributed by atoms with van der Waals surface area (Å²) in [5.41, 5.74) is 0.995. The maximum Gasteiger partial charge on any atom is 0.271 e. The van der Waals surface area contributed by atoms with Gasteiger partial charge in [-0.1, -0.05) is 32.5 Å². The van der Waals surface area contributed by atoms with E-state index in [2.05, 4.69) is 4.98 Å². The zero-order valence-electron chi connectivity index (χ0n) is 13.4. The zero-order chi connectivity index (χ0) is 17.2. The predicted octanol–water partition coefficient (Wildman–Crippen LogP) is 2.44. The molecule has 2 N–H and O–H groups in total. The number of imidazole rings is 1. The molecule has 0 radical (unpaired) electrons. The van der Waals surface area contributed by atoms with E-state index in [1.165, 1.54) is 23.9 Å². The van der Waals surface area contributed by atoms with Gasteiger partial charge in [0.25, 0.3) is 5.69 Å². The van der Waals surface area contributed by atoms with Gasteiger partial charge in [0.1, 0.15) is 0 Å². The van der Waals surface area contributed by atoms with E-state index in [1.54, 1.807) is 6.07 Å². The molecule has 7 nitrogen and oxygen atoms in total. The second kappa shape index (κ2) is 6.86. The molecule has 0 spiro atoms. The number of nitro groups is 1. The van der Waals surface area contributed by atoms with E-state index in [-0.39, 0.29) is 17.7 Å². The molecule has 0 aliphatic heterocycles. The highest BCUT2D eigenvalue weighted by atomic mass is 32.2. The van der Waals surface area contributed by atoms with Crippen molar-refractivity contribution in [3.63, 3.8) is 0 Å². The van der Waals surface area contributed by atoms with Gasteiger partial charge in [-0.25, -0.2) is 4.98 Å². The van der Waals surface area contributed by atoms with Crippen molar-refractivity contribution in [1.29, 1.82) is 0 Å². The van der Waals surface area contributed by atoms with Crippen LogP contribution in [-0.4, -0.2) is 43.2 Å². The van der Waals surface area contributed by atoms with E-state index < -0.39 is 11.0 Å². The van der Waals surface area contributed by atoms with Gasteiger partial charge in [-0.3, -0.25) is 10.1 Å². The molecule has 0 aliphatic carbocycles. The average Bonchev–Trinajstić information content (AvgIpc) is 2.81. The Labute approximate surface area is 138 Å². The van der Waals surface area contributed by atoms with Gasteiger partial charge in [-0.05, 0) is 11.5 Å². The third-order valence-corrected chi connectivity index (χ3v) is 4.65. The van der Waals surface area contributed by atoms with Crippen LogP contribution < -0.4 is 0 Å². The van der Waals surface area contributed by atoms with Crippen LogP contribution in [0.1, 0.15) is 20.8 Å². The number of aliphatic hydroxyl groups excluding tert-OH is 2. The molecule has 1 atom stereocenters. The molecule has 2 aromatic rings. The number of nitrogens with zero attached hydrogens (tertiary/aromatic N) is 3. The summed E-state index contributed by atoms with van der Waals surface area (Å²) in [7, 11) is 0. The first-order valence-electron chi connectivity index (χ1n) is 7.30. The fourth-order valence-electron chi connectivity index (χ4n) is 2.04. The SMILES string of the molecule is CC(C)(C)C(O)CSc1nc2cc([N+](=O)[O-])ccc2n1CCO. The Morgan fingerprint density at radius 3 is 2.70 bits per heavy atom. The summed E-state index contributed by atoms with van der Waals surface area (Å²) in [6, 6.07) is 4.49. The van der Waals surface area contributed by atoms with Gasteiger partial charge >= 0.3 is 0 Å². The Morgan fingerprint density at radius 1 is 1.43 bits per heavy atom. The zero-order valence-corrected chi connectivity index (χ0v) is 14.2. The Morgan fingerprint density at radius 2 is 2.13 bits per heavy atom. The normalized spacial score (nSPS) is 13.4. The summed E-state index contributed by atoms with van der Waals surface area (Å²) < 4.78 is 1.82. The molecule has 0 aliphatic rings. The Hall–Kier alpha value is -1.64. The van der Waals surface area contributed by atoms with E-state index in [1.807, 2.05) is 25.3 Å². The van der Waals surface area contributed by atoms with Gasteiger partial charge in [-0.15, -0.1) is 0 Å². The van der Waals surface area contributed by atoms with Crippen LogP contribution in [-0.2, 0) is 6.54 Å².